The lowest BCUT2D eigenvalue weighted by atomic mass is 9.96. The van der Waals surface area contributed by atoms with E-state index < -0.39 is 0 Å². The Kier molecular flexibility index (Phi) is 7.22. The van der Waals surface area contributed by atoms with Crippen LogP contribution in [0.1, 0.15) is 40.3 Å². The minimum Gasteiger partial charge on any atom is -0.375 e. The molecule has 0 spiro atoms. The van der Waals surface area contributed by atoms with Crippen molar-refractivity contribution in [2.75, 3.05) is 23.9 Å². The van der Waals surface area contributed by atoms with E-state index in [1.807, 2.05) is 54.7 Å². The number of thiocarbonyl (C=S) groups is 1. The number of rotatable bonds is 7. The highest BCUT2D eigenvalue weighted by molar-refractivity contribution is 7.80. The minimum atomic E-state index is -0.205. The van der Waals surface area contributed by atoms with Gasteiger partial charge in [0.2, 0.25) is 5.91 Å². The molecule has 1 fully saturated rings. The number of carbonyl (C=O) groups excluding carboxylic acids is 1. The Bertz CT molecular complexity index is 1470. The third kappa shape index (κ3) is 4.90. The molecule has 38 heavy (non-hydrogen) atoms. The molecule has 2 atom stereocenters. The maximum absolute atomic E-state index is 12.0. The first-order chi connectivity index (χ1) is 18.4. The topological polar surface area (TPSA) is 84.3 Å². The molecular weight excluding hydrogens is 496 g/mol. The number of amides is 1. The SMILES string of the molecule is COCC(=O)Nc1ccc(N2C(=S)N[C@H](c3ccccn3)[C@H]2c2cc(C)n(-c3cc(C)ccn3)c2C)cc1. The molecule has 0 unspecified atom stereocenters. The van der Waals surface area contributed by atoms with Crippen molar-refractivity contribution >= 4 is 34.6 Å². The van der Waals surface area contributed by atoms with Gasteiger partial charge >= 0.3 is 0 Å². The second-order valence-electron chi connectivity index (χ2n) is 9.38. The van der Waals surface area contributed by atoms with Crippen LogP contribution in [0, 0.1) is 20.8 Å². The van der Waals surface area contributed by atoms with E-state index in [1.165, 1.54) is 7.11 Å². The van der Waals surface area contributed by atoms with Gasteiger partial charge in [-0.15, -0.1) is 0 Å². The van der Waals surface area contributed by atoms with Crippen LogP contribution >= 0.6 is 12.2 Å². The summed E-state index contributed by atoms with van der Waals surface area (Å²) in [5.74, 6) is 0.681. The van der Waals surface area contributed by atoms with Gasteiger partial charge in [-0.1, -0.05) is 6.07 Å². The molecule has 8 nitrogen and oxygen atoms in total. The fourth-order valence-corrected chi connectivity index (χ4v) is 5.41. The molecule has 0 saturated carbocycles. The summed E-state index contributed by atoms with van der Waals surface area (Å²) in [5.41, 5.74) is 6.97. The number of hydrogen-bond donors (Lipinski definition) is 2. The monoisotopic (exact) mass is 526 g/mol. The zero-order valence-corrected chi connectivity index (χ0v) is 22.6. The van der Waals surface area contributed by atoms with E-state index in [2.05, 4.69) is 63.0 Å². The lowest BCUT2D eigenvalue weighted by molar-refractivity contribution is -0.119. The summed E-state index contributed by atoms with van der Waals surface area (Å²) in [6.07, 6.45) is 3.64. The van der Waals surface area contributed by atoms with Gasteiger partial charge in [0, 0.05) is 42.3 Å². The van der Waals surface area contributed by atoms with Crippen LogP contribution in [-0.2, 0) is 9.53 Å². The quantitative estimate of drug-likeness (QED) is 0.330. The van der Waals surface area contributed by atoms with Crippen molar-refractivity contribution in [2.45, 2.75) is 32.9 Å². The Morgan fingerprint density at radius 2 is 1.84 bits per heavy atom. The highest BCUT2D eigenvalue weighted by atomic mass is 32.1. The summed E-state index contributed by atoms with van der Waals surface area (Å²) in [5, 5.41) is 6.97. The Balaban J connectivity index is 1.58. The van der Waals surface area contributed by atoms with Gasteiger partial charge in [-0.05, 0) is 98.7 Å². The summed E-state index contributed by atoms with van der Waals surface area (Å²) in [6.45, 7) is 6.29. The van der Waals surface area contributed by atoms with Gasteiger partial charge in [0.1, 0.15) is 12.4 Å². The van der Waals surface area contributed by atoms with Crippen molar-refractivity contribution in [3.05, 3.63) is 101 Å². The van der Waals surface area contributed by atoms with Crippen LogP contribution in [0.25, 0.3) is 5.82 Å². The summed E-state index contributed by atoms with van der Waals surface area (Å²) < 4.78 is 7.10. The van der Waals surface area contributed by atoms with Gasteiger partial charge < -0.3 is 24.8 Å². The zero-order valence-electron chi connectivity index (χ0n) is 21.8. The molecule has 5 rings (SSSR count). The molecule has 1 saturated heterocycles. The Hall–Kier alpha value is -4.08. The van der Waals surface area contributed by atoms with Crippen LogP contribution in [0.3, 0.4) is 0 Å². The molecule has 1 aliphatic heterocycles. The van der Waals surface area contributed by atoms with E-state index in [0.717, 1.165) is 39.7 Å². The number of nitrogens with one attached hydrogen (secondary N) is 2. The van der Waals surface area contributed by atoms with Crippen molar-refractivity contribution in [1.29, 1.82) is 0 Å². The summed E-state index contributed by atoms with van der Waals surface area (Å²) >= 11 is 5.89. The standard InChI is InChI=1S/C29H30N6O2S/c1-18-12-14-31-25(15-18)34-19(2)16-23(20(34)3)28-27(24-7-5-6-13-30-24)33-29(38)35(28)22-10-8-21(9-11-22)32-26(36)17-37-4/h5-16,27-28H,17H2,1-4H3,(H,32,36)(H,33,38)/t27-,28-/m1/s1. The first-order valence-electron chi connectivity index (χ1n) is 12.4. The number of carbonyl (C=O) groups is 1. The average molecular weight is 527 g/mol. The summed E-state index contributed by atoms with van der Waals surface area (Å²) in [6, 6.07) is 19.6. The molecule has 4 heterocycles. The molecule has 0 bridgehead atoms. The largest absolute Gasteiger partial charge is 0.375 e. The van der Waals surface area contributed by atoms with Crippen LogP contribution in [0.2, 0.25) is 0 Å². The molecule has 194 valence electrons. The van der Waals surface area contributed by atoms with E-state index in [0.29, 0.717) is 10.8 Å². The van der Waals surface area contributed by atoms with E-state index in [4.69, 9.17) is 17.0 Å². The molecule has 1 amide bonds. The van der Waals surface area contributed by atoms with Crippen LogP contribution in [0.4, 0.5) is 11.4 Å². The van der Waals surface area contributed by atoms with E-state index in [-0.39, 0.29) is 24.6 Å². The van der Waals surface area contributed by atoms with Crippen molar-refractivity contribution in [2.24, 2.45) is 0 Å². The van der Waals surface area contributed by atoms with Crippen LogP contribution in [-0.4, -0.2) is 39.3 Å². The smallest absolute Gasteiger partial charge is 0.250 e. The number of aryl methyl sites for hydroxylation is 2. The Morgan fingerprint density at radius 3 is 2.53 bits per heavy atom. The van der Waals surface area contributed by atoms with Crippen molar-refractivity contribution in [1.82, 2.24) is 19.9 Å². The van der Waals surface area contributed by atoms with Gasteiger partial charge in [0.25, 0.3) is 0 Å². The zero-order chi connectivity index (χ0) is 26.8. The number of aromatic nitrogens is 3. The average Bonchev–Trinajstić information content (AvgIpc) is 3.40. The van der Waals surface area contributed by atoms with E-state index >= 15 is 0 Å². The third-order valence-corrected chi connectivity index (χ3v) is 7.04. The fraction of sp³-hybridized carbons (Fsp3) is 0.241. The van der Waals surface area contributed by atoms with E-state index in [1.54, 1.807) is 6.20 Å². The second kappa shape index (κ2) is 10.7. The normalized spacial score (nSPS) is 16.9. The highest BCUT2D eigenvalue weighted by Gasteiger charge is 2.42. The number of methoxy groups -OCH3 is 1. The predicted octanol–water partition coefficient (Wildman–Crippen LogP) is 4.95. The van der Waals surface area contributed by atoms with Gasteiger partial charge in [-0.25, -0.2) is 4.98 Å². The number of anilines is 2. The molecule has 0 aliphatic carbocycles. The lowest BCUT2D eigenvalue weighted by Gasteiger charge is -2.28. The Labute approximate surface area is 227 Å². The molecular formula is C29H30N6O2S. The molecule has 9 heteroatoms. The van der Waals surface area contributed by atoms with Crippen LogP contribution in [0.15, 0.2) is 73.1 Å². The molecule has 1 aromatic carbocycles. The van der Waals surface area contributed by atoms with Gasteiger partial charge in [0.15, 0.2) is 5.11 Å². The molecule has 3 aromatic heterocycles. The number of hydrogen-bond acceptors (Lipinski definition) is 5. The number of benzene rings is 1. The third-order valence-electron chi connectivity index (χ3n) is 6.72. The highest BCUT2D eigenvalue weighted by Crippen LogP contribution is 2.43. The molecule has 0 radical (unpaired) electrons. The van der Waals surface area contributed by atoms with Gasteiger partial charge in [-0.2, -0.15) is 0 Å². The van der Waals surface area contributed by atoms with Crippen molar-refractivity contribution in [3.63, 3.8) is 0 Å². The number of ether oxygens (including phenoxy) is 1. The van der Waals surface area contributed by atoms with Crippen molar-refractivity contribution in [3.8, 4) is 5.82 Å². The second-order valence-corrected chi connectivity index (χ2v) is 9.76. The summed E-state index contributed by atoms with van der Waals surface area (Å²) in [4.78, 5) is 23.4. The van der Waals surface area contributed by atoms with Gasteiger partial charge in [-0.3, -0.25) is 9.78 Å². The maximum atomic E-state index is 12.0. The first-order valence-corrected chi connectivity index (χ1v) is 12.8. The molecule has 2 N–H and O–H groups in total. The van der Waals surface area contributed by atoms with Crippen LogP contribution < -0.4 is 15.5 Å². The van der Waals surface area contributed by atoms with Crippen LogP contribution in [0.5, 0.6) is 0 Å². The molecule has 1 aliphatic rings. The minimum absolute atomic E-state index is 0.00112. The van der Waals surface area contributed by atoms with Crippen molar-refractivity contribution < 1.29 is 9.53 Å². The van der Waals surface area contributed by atoms with Gasteiger partial charge in [0.05, 0.1) is 17.8 Å². The first kappa shape index (κ1) is 25.6. The fourth-order valence-electron chi connectivity index (χ4n) is 5.06. The van der Waals surface area contributed by atoms with E-state index in [9.17, 15) is 4.79 Å². The molecule has 4 aromatic rings. The number of pyridine rings is 2. The number of nitrogens with zero attached hydrogens (tertiary/aromatic N) is 4. The maximum Gasteiger partial charge on any atom is 0.250 e. The predicted molar refractivity (Wildman–Crippen MR) is 153 cm³/mol. The summed E-state index contributed by atoms with van der Waals surface area (Å²) in [7, 11) is 1.49. The lowest BCUT2D eigenvalue weighted by Crippen LogP contribution is -2.29. The Morgan fingerprint density at radius 1 is 1.05 bits per heavy atom.